The molecular weight excluding hydrogens is 308 g/mol. The van der Waals surface area contributed by atoms with E-state index in [4.69, 9.17) is 21.2 Å². The molecule has 1 amide bonds. The maximum atomic E-state index is 12.4. The monoisotopic (exact) mass is 320 g/mol. The maximum Gasteiger partial charge on any atom is 0.326 e. The van der Waals surface area contributed by atoms with E-state index in [0.29, 0.717) is 35.7 Å². The SMILES string of the molecule is O=C(O)[C@@H]1CCCN1C(=O)c1cc(-c2ccccc2Cl)on1. The molecule has 1 aliphatic heterocycles. The summed E-state index contributed by atoms with van der Waals surface area (Å²) in [4.78, 5) is 24.9. The molecule has 114 valence electrons. The number of benzene rings is 1. The Labute approximate surface area is 131 Å². The van der Waals surface area contributed by atoms with E-state index in [1.54, 1.807) is 24.3 Å². The number of hydrogen-bond donors (Lipinski definition) is 1. The van der Waals surface area contributed by atoms with Crippen molar-refractivity contribution in [1.82, 2.24) is 10.1 Å². The third-order valence-corrected chi connectivity index (χ3v) is 4.00. The number of halogens is 1. The van der Waals surface area contributed by atoms with Gasteiger partial charge in [0.05, 0.1) is 5.02 Å². The first-order valence-electron chi connectivity index (χ1n) is 6.83. The Kier molecular flexibility index (Phi) is 3.85. The number of hydrogen-bond acceptors (Lipinski definition) is 4. The van der Waals surface area contributed by atoms with Crippen molar-refractivity contribution in [2.45, 2.75) is 18.9 Å². The second-order valence-electron chi connectivity index (χ2n) is 5.05. The number of carbonyl (C=O) groups is 2. The van der Waals surface area contributed by atoms with Crippen LogP contribution in [0.3, 0.4) is 0 Å². The van der Waals surface area contributed by atoms with Crippen LogP contribution in [0.2, 0.25) is 5.02 Å². The number of amides is 1. The second kappa shape index (κ2) is 5.81. The van der Waals surface area contributed by atoms with Crippen LogP contribution < -0.4 is 0 Å². The molecule has 1 aliphatic rings. The Morgan fingerprint density at radius 2 is 2.14 bits per heavy atom. The zero-order valence-corrected chi connectivity index (χ0v) is 12.3. The second-order valence-corrected chi connectivity index (χ2v) is 5.46. The van der Waals surface area contributed by atoms with Crippen molar-refractivity contribution in [2.75, 3.05) is 6.54 Å². The lowest BCUT2D eigenvalue weighted by molar-refractivity contribution is -0.141. The molecule has 7 heteroatoms. The van der Waals surface area contributed by atoms with Crippen LogP contribution in [-0.4, -0.2) is 39.6 Å². The standard InChI is InChI=1S/C15H13ClN2O4/c16-10-5-2-1-4-9(10)13-8-11(17-22-13)14(19)18-7-3-6-12(18)15(20)21/h1-2,4-5,8,12H,3,6-7H2,(H,20,21)/t12-/m0/s1. The largest absolute Gasteiger partial charge is 0.480 e. The molecule has 2 aromatic rings. The number of carboxylic acid groups (broad SMARTS) is 1. The number of aliphatic carboxylic acids is 1. The average Bonchev–Trinajstić information content (AvgIpc) is 3.16. The first-order valence-corrected chi connectivity index (χ1v) is 7.21. The van der Waals surface area contributed by atoms with Gasteiger partial charge in [0.25, 0.3) is 5.91 Å². The Morgan fingerprint density at radius 3 is 2.86 bits per heavy atom. The van der Waals surface area contributed by atoms with Gasteiger partial charge >= 0.3 is 5.97 Å². The Morgan fingerprint density at radius 1 is 1.36 bits per heavy atom. The fourth-order valence-corrected chi connectivity index (χ4v) is 2.81. The highest BCUT2D eigenvalue weighted by Gasteiger charge is 2.35. The van der Waals surface area contributed by atoms with Gasteiger partial charge in [0, 0.05) is 18.2 Å². The van der Waals surface area contributed by atoms with Gasteiger partial charge in [-0.05, 0) is 25.0 Å². The molecule has 0 bridgehead atoms. The van der Waals surface area contributed by atoms with Crippen molar-refractivity contribution in [2.24, 2.45) is 0 Å². The van der Waals surface area contributed by atoms with Gasteiger partial charge in [-0.2, -0.15) is 0 Å². The molecule has 1 atom stereocenters. The third kappa shape index (κ3) is 2.57. The van der Waals surface area contributed by atoms with Crippen molar-refractivity contribution >= 4 is 23.5 Å². The molecule has 0 unspecified atom stereocenters. The molecule has 6 nitrogen and oxygen atoms in total. The zero-order chi connectivity index (χ0) is 15.7. The van der Waals surface area contributed by atoms with Crippen LogP contribution in [0.5, 0.6) is 0 Å². The van der Waals surface area contributed by atoms with Crippen LogP contribution in [0.1, 0.15) is 23.3 Å². The quantitative estimate of drug-likeness (QED) is 0.940. The highest BCUT2D eigenvalue weighted by atomic mass is 35.5. The highest BCUT2D eigenvalue weighted by molar-refractivity contribution is 6.33. The molecule has 2 heterocycles. The molecule has 1 N–H and O–H groups in total. The smallest absolute Gasteiger partial charge is 0.326 e. The van der Waals surface area contributed by atoms with Crippen molar-refractivity contribution in [1.29, 1.82) is 0 Å². The van der Waals surface area contributed by atoms with Crippen molar-refractivity contribution < 1.29 is 19.2 Å². The molecule has 1 aromatic carbocycles. The van der Waals surface area contributed by atoms with E-state index in [9.17, 15) is 9.59 Å². The van der Waals surface area contributed by atoms with Gasteiger partial charge in [0.15, 0.2) is 11.5 Å². The molecule has 22 heavy (non-hydrogen) atoms. The number of carbonyl (C=O) groups excluding carboxylic acids is 1. The molecule has 3 rings (SSSR count). The summed E-state index contributed by atoms with van der Waals surface area (Å²) in [6.45, 7) is 0.407. The van der Waals surface area contributed by atoms with E-state index in [1.165, 1.54) is 11.0 Å². The van der Waals surface area contributed by atoms with E-state index < -0.39 is 17.9 Å². The minimum atomic E-state index is -0.999. The van der Waals surface area contributed by atoms with Crippen molar-refractivity contribution in [3.63, 3.8) is 0 Å². The number of carboxylic acids is 1. The fourth-order valence-electron chi connectivity index (χ4n) is 2.58. The summed E-state index contributed by atoms with van der Waals surface area (Å²) in [6, 6.07) is 7.74. The lowest BCUT2D eigenvalue weighted by Gasteiger charge is -2.19. The third-order valence-electron chi connectivity index (χ3n) is 3.67. The molecule has 1 fully saturated rings. The Balaban J connectivity index is 1.86. The van der Waals surface area contributed by atoms with E-state index in [2.05, 4.69) is 5.16 Å². The summed E-state index contributed by atoms with van der Waals surface area (Å²) >= 11 is 6.08. The highest BCUT2D eigenvalue weighted by Crippen LogP contribution is 2.29. The summed E-state index contributed by atoms with van der Waals surface area (Å²) in [5, 5.41) is 13.4. The van der Waals surface area contributed by atoms with Gasteiger partial charge < -0.3 is 14.5 Å². The maximum absolute atomic E-state index is 12.4. The van der Waals surface area contributed by atoms with Crippen LogP contribution in [0.15, 0.2) is 34.9 Å². The predicted octanol–water partition coefficient (Wildman–Crippen LogP) is 2.68. The first-order chi connectivity index (χ1) is 10.6. The van der Waals surface area contributed by atoms with E-state index >= 15 is 0 Å². The minimum absolute atomic E-state index is 0.0862. The number of rotatable bonds is 3. The van der Waals surface area contributed by atoms with E-state index in [1.807, 2.05) is 0 Å². The molecule has 0 saturated carbocycles. The normalized spacial score (nSPS) is 17.7. The minimum Gasteiger partial charge on any atom is -0.480 e. The molecule has 0 radical (unpaired) electrons. The lowest BCUT2D eigenvalue weighted by Crippen LogP contribution is -2.40. The summed E-state index contributed by atoms with van der Waals surface area (Å²) < 4.78 is 5.18. The van der Waals surface area contributed by atoms with Gasteiger partial charge in [-0.1, -0.05) is 28.9 Å². The van der Waals surface area contributed by atoms with Gasteiger partial charge in [-0.25, -0.2) is 4.79 Å². The van der Waals surface area contributed by atoms with Gasteiger partial charge in [0.1, 0.15) is 6.04 Å². The average molecular weight is 321 g/mol. The van der Waals surface area contributed by atoms with Crippen molar-refractivity contribution in [3.05, 3.63) is 41.0 Å². The first kappa shape index (κ1) is 14.6. The van der Waals surface area contributed by atoms with Crippen LogP contribution in [0.25, 0.3) is 11.3 Å². The summed E-state index contributed by atoms with van der Waals surface area (Å²) in [5.74, 6) is -1.06. The van der Waals surface area contributed by atoms with Gasteiger partial charge in [0.2, 0.25) is 0 Å². The van der Waals surface area contributed by atoms with E-state index in [0.717, 1.165) is 0 Å². The van der Waals surface area contributed by atoms with Gasteiger partial charge in [-0.15, -0.1) is 0 Å². The van der Waals surface area contributed by atoms with E-state index in [-0.39, 0.29) is 5.69 Å². The Bertz CT molecular complexity index is 728. The summed E-state index contributed by atoms with van der Waals surface area (Å²) in [6.07, 6.45) is 1.12. The fraction of sp³-hybridized carbons (Fsp3) is 0.267. The molecule has 1 saturated heterocycles. The topological polar surface area (TPSA) is 83.6 Å². The van der Waals surface area contributed by atoms with Crippen molar-refractivity contribution in [3.8, 4) is 11.3 Å². The molecular formula is C15H13ClN2O4. The number of likely N-dealkylation sites (tertiary alicyclic amines) is 1. The van der Waals surface area contributed by atoms with Crippen LogP contribution in [-0.2, 0) is 4.79 Å². The van der Waals surface area contributed by atoms with Crippen LogP contribution in [0.4, 0.5) is 0 Å². The molecule has 0 aliphatic carbocycles. The van der Waals surface area contributed by atoms with Gasteiger partial charge in [-0.3, -0.25) is 4.79 Å². The molecule has 1 aromatic heterocycles. The number of nitrogens with zero attached hydrogens (tertiary/aromatic N) is 2. The lowest BCUT2D eigenvalue weighted by atomic mass is 10.1. The molecule has 0 spiro atoms. The summed E-state index contributed by atoms with van der Waals surface area (Å²) in [7, 11) is 0. The predicted molar refractivity (Wildman–Crippen MR) is 78.6 cm³/mol. The zero-order valence-electron chi connectivity index (χ0n) is 11.5. The summed E-state index contributed by atoms with van der Waals surface area (Å²) in [5.41, 5.74) is 0.718. The Hall–Kier alpha value is -2.34. The van der Waals surface area contributed by atoms with Crippen LogP contribution >= 0.6 is 11.6 Å². The number of aromatic nitrogens is 1. The van der Waals surface area contributed by atoms with Crippen LogP contribution in [0, 0.1) is 0 Å².